The zero-order valence-corrected chi connectivity index (χ0v) is 14.0. The predicted octanol–water partition coefficient (Wildman–Crippen LogP) is 2.90. The van der Waals surface area contributed by atoms with Crippen LogP contribution in [0.15, 0.2) is 42.5 Å². The van der Waals surface area contributed by atoms with Crippen LogP contribution in [0, 0.1) is 17.5 Å². The molecule has 134 valence electrons. The summed E-state index contributed by atoms with van der Waals surface area (Å²) in [6, 6.07) is 8.07. The van der Waals surface area contributed by atoms with Gasteiger partial charge in [0.25, 0.3) is 0 Å². The van der Waals surface area contributed by atoms with Crippen LogP contribution in [0.4, 0.5) is 24.5 Å². The van der Waals surface area contributed by atoms with Gasteiger partial charge in [-0.3, -0.25) is 9.10 Å². The van der Waals surface area contributed by atoms with E-state index in [1.54, 1.807) is 0 Å². The number of benzene rings is 2. The Bertz CT molecular complexity index is 868. The molecule has 0 radical (unpaired) electrons. The number of anilines is 2. The summed E-state index contributed by atoms with van der Waals surface area (Å²) in [5.74, 6) is -3.30. The monoisotopic (exact) mass is 372 g/mol. The molecule has 1 amide bonds. The molecule has 0 aliphatic rings. The summed E-state index contributed by atoms with van der Waals surface area (Å²) < 4.78 is 65.0. The van der Waals surface area contributed by atoms with Crippen LogP contribution in [-0.2, 0) is 14.8 Å². The van der Waals surface area contributed by atoms with Crippen LogP contribution in [-0.4, -0.2) is 27.1 Å². The third-order valence-electron chi connectivity index (χ3n) is 3.24. The highest BCUT2D eigenvalue weighted by molar-refractivity contribution is 7.92. The van der Waals surface area contributed by atoms with E-state index in [0.717, 1.165) is 30.5 Å². The van der Waals surface area contributed by atoms with Crippen LogP contribution < -0.4 is 9.62 Å². The van der Waals surface area contributed by atoms with Crippen molar-refractivity contribution >= 4 is 27.3 Å². The first-order valence-corrected chi connectivity index (χ1v) is 9.00. The van der Waals surface area contributed by atoms with Gasteiger partial charge in [-0.2, -0.15) is 0 Å². The number of hydrogen-bond donors (Lipinski definition) is 1. The molecule has 1 N–H and O–H groups in total. The third kappa shape index (κ3) is 4.96. The largest absolute Gasteiger partial charge is 0.326 e. The maximum atomic E-state index is 13.9. The lowest BCUT2D eigenvalue weighted by molar-refractivity contribution is -0.116. The Labute approximate surface area is 143 Å². The fraction of sp³-hybridized carbons (Fsp3) is 0.188. The van der Waals surface area contributed by atoms with Gasteiger partial charge in [-0.15, -0.1) is 0 Å². The quantitative estimate of drug-likeness (QED) is 0.848. The lowest BCUT2D eigenvalue weighted by Gasteiger charge is -2.23. The molecule has 2 aromatic rings. The van der Waals surface area contributed by atoms with Gasteiger partial charge in [-0.25, -0.2) is 21.6 Å². The van der Waals surface area contributed by atoms with Crippen LogP contribution >= 0.6 is 0 Å². The van der Waals surface area contributed by atoms with E-state index in [2.05, 4.69) is 5.32 Å². The third-order valence-corrected chi connectivity index (χ3v) is 4.40. The SMILES string of the molecule is CS(=O)(=O)N(CCC(=O)Nc1cccc(F)c1)c1c(F)cccc1F. The average Bonchev–Trinajstić information content (AvgIpc) is 2.48. The molecular formula is C16H15F3N2O3S. The minimum absolute atomic E-state index is 0.188. The number of rotatable bonds is 6. The summed E-state index contributed by atoms with van der Waals surface area (Å²) in [5.41, 5.74) is -0.559. The molecule has 0 aliphatic carbocycles. The summed E-state index contributed by atoms with van der Waals surface area (Å²) in [7, 11) is -4.02. The number of carbonyl (C=O) groups excluding carboxylic acids is 1. The fourth-order valence-corrected chi connectivity index (χ4v) is 3.09. The summed E-state index contributed by atoms with van der Waals surface area (Å²) >= 11 is 0. The molecule has 0 heterocycles. The maximum absolute atomic E-state index is 13.9. The first-order chi connectivity index (χ1) is 11.7. The van der Waals surface area contributed by atoms with Crippen LogP contribution in [0.5, 0.6) is 0 Å². The van der Waals surface area contributed by atoms with Crippen molar-refractivity contribution in [1.29, 1.82) is 0 Å². The van der Waals surface area contributed by atoms with Gasteiger partial charge in [0.2, 0.25) is 15.9 Å². The predicted molar refractivity (Wildman–Crippen MR) is 88.2 cm³/mol. The van der Waals surface area contributed by atoms with E-state index in [-0.39, 0.29) is 12.1 Å². The van der Waals surface area contributed by atoms with E-state index in [0.29, 0.717) is 4.31 Å². The molecule has 0 saturated carbocycles. The Morgan fingerprint density at radius 2 is 1.68 bits per heavy atom. The van der Waals surface area contributed by atoms with E-state index < -0.39 is 45.6 Å². The van der Waals surface area contributed by atoms with Crippen molar-refractivity contribution in [3.05, 3.63) is 59.9 Å². The van der Waals surface area contributed by atoms with Crippen molar-refractivity contribution in [2.45, 2.75) is 6.42 Å². The van der Waals surface area contributed by atoms with E-state index in [1.165, 1.54) is 18.2 Å². The fourth-order valence-electron chi connectivity index (χ4n) is 2.16. The lowest BCUT2D eigenvalue weighted by Crippen LogP contribution is -2.34. The first kappa shape index (κ1) is 18.8. The molecule has 0 spiro atoms. The Balaban J connectivity index is 2.15. The Morgan fingerprint density at radius 1 is 1.08 bits per heavy atom. The number of carbonyl (C=O) groups is 1. The van der Waals surface area contributed by atoms with Gasteiger partial charge in [-0.05, 0) is 30.3 Å². The molecule has 0 unspecified atom stereocenters. The van der Waals surface area contributed by atoms with Gasteiger partial charge in [0, 0.05) is 18.7 Å². The molecule has 9 heteroatoms. The van der Waals surface area contributed by atoms with Crippen molar-refractivity contribution in [1.82, 2.24) is 0 Å². The van der Waals surface area contributed by atoms with Crippen molar-refractivity contribution in [2.24, 2.45) is 0 Å². The molecule has 5 nitrogen and oxygen atoms in total. The van der Waals surface area contributed by atoms with Crippen LogP contribution in [0.2, 0.25) is 0 Å². The molecule has 0 bridgehead atoms. The number of amides is 1. The standard InChI is InChI=1S/C16H15F3N2O3S/c1-25(23,24)21(16-13(18)6-3-7-14(16)19)9-8-15(22)20-12-5-2-4-11(17)10-12/h2-7,10H,8-9H2,1H3,(H,20,22). The minimum atomic E-state index is -4.02. The number of nitrogens with zero attached hydrogens (tertiary/aromatic N) is 1. The molecule has 0 aliphatic heterocycles. The number of hydrogen-bond acceptors (Lipinski definition) is 3. The lowest BCUT2D eigenvalue weighted by atomic mass is 10.2. The van der Waals surface area contributed by atoms with E-state index in [1.807, 2.05) is 0 Å². The van der Waals surface area contributed by atoms with Gasteiger partial charge in [0.1, 0.15) is 11.5 Å². The van der Waals surface area contributed by atoms with Crippen LogP contribution in [0.3, 0.4) is 0 Å². The molecule has 0 atom stereocenters. The summed E-state index contributed by atoms with van der Waals surface area (Å²) in [6.07, 6.45) is 0.403. The van der Waals surface area contributed by atoms with Gasteiger partial charge in [-0.1, -0.05) is 12.1 Å². The second-order valence-corrected chi connectivity index (χ2v) is 7.12. The molecule has 0 fully saturated rings. The second kappa shape index (κ2) is 7.56. The normalized spacial score (nSPS) is 11.2. The van der Waals surface area contributed by atoms with Gasteiger partial charge in [0.15, 0.2) is 11.6 Å². The van der Waals surface area contributed by atoms with Crippen LogP contribution in [0.1, 0.15) is 6.42 Å². The van der Waals surface area contributed by atoms with Crippen molar-refractivity contribution < 1.29 is 26.4 Å². The summed E-state index contributed by atoms with van der Waals surface area (Å²) in [4.78, 5) is 11.9. The van der Waals surface area contributed by atoms with Crippen LogP contribution in [0.25, 0.3) is 0 Å². The highest BCUT2D eigenvalue weighted by Gasteiger charge is 2.25. The maximum Gasteiger partial charge on any atom is 0.232 e. The van der Waals surface area contributed by atoms with Crippen molar-refractivity contribution in [3.8, 4) is 0 Å². The number of sulfonamides is 1. The summed E-state index contributed by atoms with van der Waals surface area (Å²) in [5, 5.41) is 2.38. The highest BCUT2D eigenvalue weighted by atomic mass is 32.2. The molecule has 25 heavy (non-hydrogen) atoms. The topological polar surface area (TPSA) is 66.5 Å². The number of halogens is 3. The number of nitrogens with one attached hydrogen (secondary N) is 1. The first-order valence-electron chi connectivity index (χ1n) is 7.15. The Morgan fingerprint density at radius 3 is 2.24 bits per heavy atom. The van der Waals surface area contributed by atoms with E-state index >= 15 is 0 Å². The van der Waals surface area contributed by atoms with E-state index in [9.17, 15) is 26.4 Å². The average molecular weight is 372 g/mol. The summed E-state index contributed by atoms with van der Waals surface area (Å²) in [6.45, 7) is -0.474. The molecular weight excluding hydrogens is 357 g/mol. The Kier molecular flexibility index (Phi) is 5.68. The Hall–Kier alpha value is -2.55. The smallest absolute Gasteiger partial charge is 0.232 e. The second-order valence-electron chi connectivity index (χ2n) is 5.21. The minimum Gasteiger partial charge on any atom is -0.326 e. The van der Waals surface area contributed by atoms with Crippen molar-refractivity contribution in [3.63, 3.8) is 0 Å². The van der Waals surface area contributed by atoms with E-state index in [4.69, 9.17) is 0 Å². The van der Waals surface area contributed by atoms with Crippen molar-refractivity contribution in [2.75, 3.05) is 22.4 Å². The molecule has 0 saturated heterocycles. The zero-order chi connectivity index (χ0) is 18.6. The zero-order valence-electron chi connectivity index (χ0n) is 13.2. The van der Waals surface area contributed by atoms with Gasteiger partial charge >= 0.3 is 0 Å². The number of para-hydroxylation sites is 1. The van der Waals surface area contributed by atoms with Gasteiger partial charge < -0.3 is 5.32 Å². The molecule has 2 aromatic carbocycles. The highest BCUT2D eigenvalue weighted by Crippen LogP contribution is 2.25. The van der Waals surface area contributed by atoms with Gasteiger partial charge in [0.05, 0.1) is 6.26 Å². The molecule has 0 aromatic heterocycles. The molecule has 2 rings (SSSR count).